The maximum Gasteiger partial charge on any atom is 0.157 e. The van der Waals surface area contributed by atoms with Crippen LogP contribution in [-0.2, 0) is 14.3 Å². The molecule has 3 heteroatoms. The van der Waals surface area contributed by atoms with Gasteiger partial charge in [-0.25, -0.2) is 0 Å². The number of hydrogen-bond donors (Lipinski definition) is 0. The van der Waals surface area contributed by atoms with Crippen molar-refractivity contribution in [2.24, 2.45) is 5.92 Å². The predicted octanol–water partition coefficient (Wildman–Crippen LogP) is 1.92. The van der Waals surface area contributed by atoms with Crippen molar-refractivity contribution < 1.29 is 14.3 Å². The Morgan fingerprint density at radius 2 is 2.43 bits per heavy atom. The van der Waals surface area contributed by atoms with Crippen molar-refractivity contribution in [3.8, 4) is 0 Å². The van der Waals surface area contributed by atoms with E-state index in [0.717, 1.165) is 32.2 Å². The first-order valence-electron chi connectivity index (χ1n) is 5.16. The van der Waals surface area contributed by atoms with Gasteiger partial charge in [-0.1, -0.05) is 6.08 Å². The smallest absolute Gasteiger partial charge is 0.157 e. The zero-order chi connectivity index (χ0) is 10.2. The molecule has 2 unspecified atom stereocenters. The van der Waals surface area contributed by atoms with Crippen LogP contribution in [0.2, 0.25) is 0 Å². The zero-order valence-corrected chi connectivity index (χ0v) is 8.48. The minimum absolute atomic E-state index is 0.0713. The molecule has 0 bridgehead atoms. The van der Waals surface area contributed by atoms with Crippen molar-refractivity contribution >= 4 is 6.29 Å². The molecule has 0 amide bonds. The Morgan fingerprint density at radius 3 is 3.00 bits per heavy atom. The first kappa shape index (κ1) is 11.4. The Balaban J connectivity index is 2.16. The van der Waals surface area contributed by atoms with E-state index in [1.165, 1.54) is 0 Å². The van der Waals surface area contributed by atoms with Crippen LogP contribution in [0, 0.1) is 5.92 Å². The van der Waals surface area contributed by atoms with Crippen molar-refractivity contribution in [1.82, 2.24) is 0 Å². The van der Waals surface area contributed by atoms with Gasteiger partial charge in [0.1, 0.15) is 6.29 Å². The van der Waals surface area contributed by atoms with Gasteiger partial charge in [0.2, 0.25) is 0 Å². The molecule has 14 heavy (non-hydrogen) atoms. The molecule has 1 rings (SSSR count). The maximum absolute atomic E-state index is 10.6. The van der Waals surface area contributed by atoms with Gasteiger partial charge < -0.3 is 14.3 Å². The van der Waals surface area contributed by atoms with Crippen molar-refractivity contribution in [3.05, 3.63) is 12.7 Å². The Bertz CT molecular complexity index is 173. The van der Waals surface area contributed by atoms with Gasteiger partial charge in [-0.15, -0.1) is 6.58 Å². The number of aldehydes is 1. The second kappa shape index (κ2) is 6.74. The van der Waals surface area contributed by atoms with Gasteiger partial charge in [-0.3, -0.25) is 0 Å². The Morgan fingerprint density at radius 1 is 1.57 bits per heavy atom. The summed E-state index contributed by atoms with van der Waals surface area (Å²) in [5, 5.41) is 0. The fourth-order valence-electron chi connectivity index (χ4n) is 1.45. The minimum Gasteiger partial charge on any atom is -0.353 e. The molecule has 1 fully saturated rings. The minimum atomic E-state index is -0.101. The molecule has 1 aliphatic rings. The Hall–Kier alpha value is -0.670. The third-order valence-corrected chi connectivity index (χ3v) is 2.30. The molecule has 0 radical (unpaired) electrons. The number of rotatable bonds is 6. The first-order chi connectivity index (χ1) is 6.86. The highest BCUT2D eigenvalue weighted by atomic mass is 16.7. The monoisotopic (exact) mass is 198 g/mol. The second-order valence-electron chi connectivity index (χ2n) is 3.55. The van der Waals surface area contributed by atoms with Crippen molar-refractivity contribution in [2.75, 3.05) is 13.2 Å². The zero-order valence-electron chi connectivity index (χ0n) is 8.48. The summed E-state index contributed by atoms with van der Waals surface area (Å²) < 4.78 is 10.9. The average molecular weight is 198 g/mol. The summed E-state index contributed by atoms with van der Waals surface area (Å²) in [5.74, 6) is -0.0713. The number of ether oxygens (including phenoxy) is 2. The second-order valence-corrected chi connectivity index (χ2v) is 3.55. The molecule has 0 aliphatic carbocycles. The average Bonchev–Trinajstić information content (AvgIpc) is 2.25. The third kappa shape index (κ3) is 4.03. The van der Waals surface area contributed by atoms with E-state index < -0.39 is 0 Å². The highest BCUT2D eigenvalue weighted by molar-refractivity contribution is 5.53. The lowest BCUT2D eigenvalue weighted by Gasteiger charge is -2.23. The van der Waals surface area contributed by atoms with E-state index in [1.54, 1.807) is 6.08 Å². The van der Waals surface area contributed by atoms with E-state index in [1.807, 2.05) is 0 Å². The molecule has 0 saturated carbocycles. The van der Waals surface area contributed by atoms with Crippen LogP contribution in [0.4, 0.5) is 0 Å². The highest BCUT2D eigenvalue weighted by Crippen LogP contribution is 2.15. The number of hydrogen-bond acceptors (Lipinski definition) is 3. The van der Waals surface area contributed by atoms with Gasteiger partial charge in [0.15, 0.2) is 6.29 Å². The topological polar surface area (TPSA) is 35.5 Å². The Labute approximate surface area is 85.1 Å². The number of carbonyl (C=O) groups excluding carboxylic acids is 1. The van der Waals surface area contributed by atoms with Crippen LogP contribution in [0.25, 0.3) is 0 Å². The van der Waals surface area contributed by atoms with Gasteiger partial charge in [-0.2, -0.15) is 0 Å². The fraction of sp³-hybridized carbons (Fsp3) is 0.727. The van der Waals surface area contributed by atoms with Gasteiger partial charge in [0.25, 0.3) is 0 Å². The van der Waals surface area contributed by atoms with E-state index in [9.17, 15) is 4.79 Å². The van der Waals surface area contributed by atoms with Crippen molar-refractivity contribution in [3.63, 3.8) is 0 Å². The molecular weight excluding hydrogens is 180 g/mol. The summed E-state index contributed by atoms with van der Waals surface area (Å²) in [5.41, 5.74) is 0. The SMILES string of the molecule is C=CCC(C=O)COC1CCCCO1. The molecule has 0 aromatic rings. The highest BCUT2D eigenvalue weighted by Gasteiger charge is 2.15. The summed E-state index contributed by atoms with van der Waals surface area (Å²) in [7, 11) is 0. The normalized spacial score (nSPS) is 24.1. The molecule has 1 saturated heterocycles. The van der Waals surface area contributed by atoms with Crippen molar-refractivity contribution in [1.29, 1.82) is 0 Å². The largest absolute Gasteiger partial charge is 0.353 e. The van der Waals surface area contributed by atoms with Crippen LogP contribution in [0.3, 0.4) is 0 Å². The predicted molar refractivity (Wildman–Crippen MR) is 53.9 cm³/mol. The quantitative estimate of drug-likeness (QED) is 0.483. The Kier molecular flexibility index (Phi) is 5.49. The summed E-state index contributed by atoms with van der Waals surface area (Å²) >= 11 is 0. The van der Waals surface area contributed by atoms with E-state index in [2.05, 4.69) is 6.58 Å². The molecule has 80 valence electrons. The van der Waals surface area contributed by atoms with Crippen LogP contribution in [0.1, 0.15) is 25.7 Å². The fourth-order valence-corrected chi connectivity index (χ4v) is 1.45. The van der Waals surface area contributed by atoms with E-state index in [4.69, 9.17) is 9.47 Å². The lowest BCUT2D eigenvalue weighted by molar-refractivity contribution is -0.169. The van der Waals surface area contributed by atoms with E-state index in [-0.39, 0.29) is 12.2 Å². The summed E-state index contributed by atoms with van der Waals surface area (Å²) in [6.45, 7) is 4.82. The molecule has 3 nitrogen and oxygen atoms in total. The van der Waals surface area contributed by atoms with Gasteiger partial charge >= 0.3 is 0 Å². The summed E-state index contributed by atoms with van der Waals surface area (Å²) in [6, 6.07) is 0. The third-order valence-electron chi connectivity index (χ3n) is 2.30. The molecule has 1 heterocycles. The molecule has 0 spiro atoms. The standard InChI is InChI=1S/C11H18O3/c1-2-5-10(8-12)9-14-11-6-3-4-7-13-11/h2,8,10-11H,1,3-7,9H2. The number of allylic oxidation sites excluding steroid dienone is 1. The first-order valence-corrected chi connectivity index (χ1v) is 5.16. The van der Waals surface area contributed by atoms with E-state index >= 15 is 0 Å². The molecule has 2 atom stereocenters. The molecule has 1 aliphatic heterocycles. The number of carbonyl (C=O) groups is 1. The lowest BCUT2D eigenvalue weighted by Crippen LogP contribution is -2.25. The van der Waals surface area contributed by atoms with Gasteiger partial charge in [0, 0.05) is 12.5 Å². The van der Waals surface area contributed by atoms with Crippen LogP contribution in [-0.4, -0.2) is 25.8 Å². The van der Waals surface area contributed by atoms with Crippen LogP contribution in [0.15, 0.2) is 12.7 Å². The summed E-state index contributed by atoms with van der Waals surface area (Å²) in [4.78, 5) is 10.6. The van der Waals surface area contributed by atoms with Crippen molar-refractivity contribution in [2.45, 2.75) is 32.0 Å². The van der Waals surface area contributed by atoms with Gasteiger partial charge in [-0.05, 0) is 25.7 Å². The molecular formula is C11H18O3. The lowest BCUT2D eigenvalue weighted by atomic mass is 10.1. The van der Waals surface area contributed by atoms with E-state index in [0.29, 0.717) is 13.0 Å². The molecule has 0 aromatic carbocycles. The molecule has 0 aromatic heterocycles. The van der Waals surface area contributed by atoms with Crippen LogP contribution < -0.4 is 0 Å². The summed E-state index contributed by atoms with van der Waals surface area (Å²) in [6.07, 6.45) is 6.45. The van der Waals surface area contributed by atoms with Crippen LogP contribution >= 0.6 is 0 Å². The maximum atomic E-state index is 10.6. The van der Waals surface area contributed by atoms with Crippen LogP contribution in [0.5, 0.6) is 0 Å². The van der Waals surface area contributed by atoms with Gasteiger partial charge in [0.05, 0.1) is 6.61 Å². The molecule has 0 N–H and O–H groups in total.